The summed E-state index contributed by atoms with van der Waals surface area (Å²) < 4.78 is 0. The minimum Gasteiger partial charge on any atom is -0.392 e. The molecule has 1 rings (SSSR count). The van der Waals surface area contributed by atoms with E-state index in [9.17, 15) is 4.79 Å². The fourth-order valence-corrected chi connectivity index (χ4v) is 2.53. The van der Waals surface area contributed by atoms with E-state index in [-0.39, 0.29) is 23.5 Å². The first kappa shape index (κ1) is 18.3. The van der Waals surface area contributed by atoms with Crippen molar-refractivity contribution in [3.8, 4) is 0 Å². The smallest absolute Gasteiger partial charge is 0.237 e. The maximum absolute atomic E-state index is 12.3. The zero-order chi connectivity index (χ0) is 16.2. The fourth-order valence-electron chi connectivity index (χ4n) is 2.38. The van der Waals surface area contributed by atoms with E-state index >= 15 is 0 Å². The van der Waals surface area contributed by atoms with Gasteiger partial charge in [-0.15, -0.1) is 0 Å². The summed E-state index contributed by atoms with van der Waals surface area (Å²) in [6.45, 7) is 13.7. The van der Waals surface area contributed by atoms with Crippen LogP contribution >= 0.6 is 12.2 Å². The van der Waals surface area contributed by atoms with Crippen LogP contribution in [0.1, 0.15) is 41.0 Å². The van der Waals surface area contributed by atoms with Crippen molar-refractivity contribution >= 4 is 23.1 Å². The molecule has 6 heteroatoms. The van der Waals surface area contributed by atoms with E-state index in [2.05, 4.69) is 35.9 Å². The first-order chi connectivity index (χ1) is 9.68. The molecule has 1 aliphatic heterocycles. The number of piperazine rings is 1. The number of thiocarbonyl (C=S) groups is 1. The van der Waals surface area contributed by atoms with Gasteiger partial charge in [0.05, 0.1) is 17.1 Å². The van der Waals surface area contributed by atoms with Crippen LogP contribution in [-0.4, -0.2) is 64.5 Å². The number of rotatable bonds is 6. The maximum atomic E-state index is 12.3. The van der Waals surface area contributed by atoms with Gasteiger partial charge < -0.3 is 11.1 Å². The van der Waals surface area contributed by atoms with Gasteiger partial charge in [0.1, 0.15) is 0 Å². The van der Waals surface area contributed by atoms with E-state index in [0.717, 1.165) is 32.6 Å². The van der Waals surface area contributed by atoms with Crippen molar-refractivity contribution in [2.24, 2.45) is 5.73 Å². The minimum atomic E-state index is -0.145. The van der Waals surface area contributed by atoms with Crippen LogP contribution in [0, 0.1) is 0 Å². The topological polar surface area (TPSA) is 61.6 Å². The summed E-state index contributed by atoms with van der Waals surface area (Å²) >= 11 is 5.05. The van der Waals surface area contributed by atoms with E-state index in [1.54, 1.807) is 0 Å². The molecule has 0 spiro atoms. The lowest BCUT2D eigenvalue weighted by Gasteiger charge is -2.40. The standard InChI is InChI=1S/C15H30N4OS/c1-6-15(4,5)17-14(20)12(3)19-9-7-18(8-10-19)11(2)13(16)21/h11-12H,6-10H2,1-5H3,(H2,16,21)(H,17,20). The van der Waals surface area contributed by atoms with Gasteiger partial charge in [0.25, 0.3) is 0 Å². The van der Waals surface area contributed by atoms with Gasteiger partial charge in [-0.3, -0.25) is 14.6 Å². The Hall–Kier alpha value is -0.720. The summed E-state index contributed by atoms with van der Waals surface area (Å²) in [5.74, 6) is 0.109. The molecule has 0 radical (unpaired) electrons. The molecule has 1 heterocycles. The molecule has 1 aliphatic rings. The summed E-state index contributed by atoms with van der Waals surface area (Å²) in [5.41, 5.74) is 5.56. The number of nitrogens with two attached hydrogens (primary N) is 1. The van der Waals surface area contributed by atoms with Crippen molar-refractivity contribution in [3.63, 3.8) is 0 Å². The van der Waals surface area contributed by atoms with Crippen LogP contribution in [0.25, 0.3) is 0 Å². The van der Waals surface area contributed by atoms with Crippen LogP contribution in [0.4, 0.5) is 0 Å². The number of nitrogens with zero attached hydrogens (tertiary/aromatic N) is 2. The Labute approximate surface area is 134 Å². The summed E-state index contributed by atoms with van der Waals surface area (Å²) in [6.07, 6.45) is 0.921. The molecule has 1 saturated heterocycles. The van der Waals surface area contributed by atoms with Crippen LogP contribution in [0.3, 0.4) is 0 Å². The molecule has 0 aromatic heterocycles. The van der Waals surface area contributed by atoms with Crippen molar-refractivity contribution in [1.82, 2.24) is 15.1 Å². The van der Waals surface area contributed by atoms with Gasteiger partial charge in [0.2, 0.25) is 5.91 Å². The molecule has 2 atom stereocenters. The highest BCUT2D eigenvalue weighted by molar-refractivity contribution is 7.80. The molecular weight excluding hydrogens is 284 g/mol. The zero-order valence-corrected chi connectivity index (χ0v) is 14.8. The second-order valence-corrected chi connectivity index (χ2v) is 7.02. The summed E-state index contributed by atoms with van der Waals surface area (Å²) in [7, 11) is 0. The van der Waals surface area contributed by atoms with Crippen molar-refractivity contribution in [2.45, 2.75) is 58.7 Å². The lowest BCUT2D eigenvalue weighted by molar-refractivity contribution is -0.128. The van der Waals surface area contributed by atoms with Gasteiger partial charge in [0.15, 0.2) is 0 Å². The lowest BCUT2D eigenvalue weighted by atomic mass is 10.0. The summed E-state index contributed by atoms with van der Waals surface area (Å²) in [5, 5.41) is 3.12. The number of amides is 1. The molecule has 0 aromatic rings. The van der Waals surface area contributed by atoms with E-state index < -0.39 is 0 Å². The Kier molecular flexibility index (Phi) is 6.56. The molecule has 1 amide bonds. The van der Waals surface area contributed by atoms with Gasteiger partial charge in [-0.1, -0.05) is 19.1 Å². The zero-order valence-electron chi connectivity index (χ0n) is 14.0. The third-order valence-corrected chi connectivity index (χ3v) is 4.92. The number of hydrogen-bond donors (Lipinski definition) is 2. The first-order valence-electron chi connectivity index (χ1n) is 7.77. The third kappa shape index (κ3) is 5.20. The molecule has 5 nitrogen and oxygen atoms in total. The van der Waals surface area contributed by atoms with Crippen molar-refractivity contribution in [1.29, 1.82) is 0 Å². The molecule has 122 valence electrons. The monoisotopic (exact) mass is 314 g/mol. The molecule has 21 heavy (non-hydrogen) atoms. The molecule has 1 fully saturated rings. The molecule has 3 N–H and O–H groups in total. The van der Waals surface area contributed by atoms with Crippen molar-refractivity contribution < 1.29 is 4.79 Å². The minimum absolute atomic E-state index is 0.0990. The highest BCUT2D eigenvalue weighted by atomic mass is 32.1. The fraction of sp³-hybridized carbons (Fsp3) is 0.867. The predicted molar refractivity (Wildman–Crippen MR) is 91.4 cm³/mol. The normalized spacial score (nSPS) is 20.8. The Morgan fingerprint density at radius 1 is 1.19 bits per heavy atom. The van der Waals surface area contributed by atoms with E-state index in [1.807, 2.05) is 13.8 Å². The quantitative estimate of drug-likeness (QED) is 0.716. The Morgan fingerprint density at radius 2 is 1.62 bits per heavy atom. The van der Waals surface area contributed by atoms with Gasteiger partial charge in [-0.2, -0.15) is 0 Å². The molecule has 0 aliphatic carbocycles. The van der Waals surface area contributed by atoms with Crippen LogP contribution < -0.4 is 11.1 Å². The third-order valence-electron chi connectivity index (χ3n) is 4.58. The Morgan fingerprint density at radius 3 is 2.00 bits per heavy atom. The molecule has 0 saturated carbocycles. The number of hydrogen-bond acceptors (Lipinski definition) is 4. The van der Waals surface area contributed by atoms with Crippen molar-refractivity contribution in [2.75, 3.05) is 26.2 Å². The Balaban J connectivity index is 2.50. The van der Waals surface area contributed by atoms with E-state index in [1.165, 1.54) is 0 Å². The van der Waals surface area contributed by atoms with E-state index in [4.69, 9.17) is 18.0 Å². The van der Waals surface area contributed by atoms with Crippen LogP contribution in [0.5, 0.6) is 0 Å². The highest BCUT2D eigenvalue weighted by Gasteiger charge is 2.29. The van der Waals surface area contributed by atoms with Gasteiger partial charge in [0, 0.05) is 31.7 Å². The summed E-state index contributed by atoms with van der Waals surface area (Å²) in [6, 6.07) is 0.0309. The number of carbonyl (C=O) groups excluding carboxylic acids is 1. The average Bonchev–Trinajstić information content (AvgIpc) is 2.45. The van der Waals surface area contributed by atoms with Gasteiger partial charge >= 0.3 is 0 Å². The maximum Gasteiger partial charge on any atom is 0.237 e. The molecular formula is C15H30N4OS. The largest absolute Gasteiger partial charge is 0.392 e. The van der Waals surface area contributed by atoms with E-state index in [0.29, 0.717) is 4.99 Å². The van der Waals surface area contributed by atoms with Crippen molar-refractivity contribution in [3.05, 3.63) is 0 Å². The SMILES string of the molecule is CCC(C)(C)NC(=O)C(C)N1CCN(C(C)C(N)=S)CC1. The second-order valence-electron chi connectivity index (χ2n) is 6.55. The van der Waals surface area contributed by atoms with Gasteiger partial charge in [-0.25, -0.2) is 0 Å². The van der Waals surface area contributed by atoms with Crippen LogP contribution in [0.2, 0.25) is 0 Å². The second kappa shape index (κ2) is 7.51. The number of carbonyl (C=O) groups is 1. The van der Waals surface area contributed by atoms with Crippen LogP contribution in [-0.2, 0) is 4.79 Å². The summed E-state index contributed by atoms with van der Waals surface area (Å²) in [4.78, 5) is 17.4. The molecule has 0 bridgehead atoms. The predicted octanol–water partition coefficient (Wildman–Crippen LogP) is 0.972. The lowest BCUT2D eigenvalue weighted by Crippen LogP contribution is -2.58. The first-order valence-corrected chi connectivity index (χ1v) is 8.18. The number of nitrogens with one attached hydrogen (secondary N) is 1. The molecule has 0 aromatic carbocycles. The highest BCUT2D eigenvalue weighted by Crippen LogP contribution is 2.12. The molecule has 2 unspecified atom stereocenters. The van der Waals surface area contributed by atoms with Crippen LogP contribution in [0.15, 0.2) is 0 Å². The Bertz CT molecular complexity index is 378. The van der Waals surface area contributed by atoms with Gasteiger partial charge in [-0.05, 0) is 34.1 Å². The average molecular weight is 314 g/mol.